The molecule has 20 heavy (non-hydrogen) atoms. The van der Waals surface area contributed by atoms with E-state index in [0.29, 0.717) is 13.1 Å². The normalized spacial score (nSPS) is 12.2. The van der Waals surface area contributed by atoms with E-state index in [9.17, 15) is 9.59 Å². The van der Waals surface area contributed by atoms with E-state index in [-0.39, 0.29) is 24.4 Å². The van der Waals surface area contributed by atoms with Crippen LogP contribution < -0.4 is 10.6 Å². The van der Waals surface area contributed by atoms with Gasteiger partial charge in [-0.15, -0.1) is 5.10 Å². The largest absolute Gasteiger partial charge is 0.481 e. The summed E-state index contributed by atoms with van der Waals surface area (Å²) in [5, 5.41) is 21.6. The summed E-state index contributed by atoms with van der Waals surface area (Å²) < 4.78 is 1.68. The van der Waals surface area contributed by atoms with Crippen LogP contribution in [0.1, 0.15) is 26.7 Å². The molecule has 1 aromatic rings. The molecular weight excluding hydrogens is 262 g/mol. The van der Waals surface area contributed by atoms with Crippen LogP contribution in [0, 0.1) is 5.92 Å². The summed E-state index contributed by atoms with van der Waals surface area (Å²) in [6.45, 7) is 4.91. The number of hydrogen-bond donors (Lipinski definition) is 3. The maximum atomic E-state index is 11.7. The summed E-state index contributed by atoms with van der Waals surface area (Å²) in [6.07, 6.45) is 3.99. The lowest BCUT2D eigenvalue weighted by atomic mass is 10.0. The van der Waals surface area contributed by atoms with Gasteiger partial charge in [0.05, 0.1) is 12.6 Å². The minimum absolute atomic E-state index is 0.0620. The van der Waals surface area contributed by atoms with E-state index in [2.05, 4.69) is 20.9 Å². The Morgan fingerprint density at radius 1 is 1.40 bits per heavy atom. The Labute approximate surface area is 117 Å². The molecule has 0 spiro atoms. The topological polar surface area (TPSA) is 109 Å². The number of carbonyl (C=O) groups excluding carboxylic acids is 1. The Bertz CT molecular complexity index is 419. The van der Waals surface area contributed by atoms with E-state index in [1.807, 2.05) is 13.8 Å². The van der Waals surface area contributed by atoms with Gasteiger partial charge in [-0.3, -0.25) is 9.48 Å². The highest BCUT2D eigenvalue weighted by Gasteiger charge is 2.18. The second kappa shape index (κ2) is 8.13. The fraction of sp³-hybridized carbons (Fsp3) is 0.667. The average molecular weight is 283 g/mol. The zero-order valence-electron chi connectivity index (χ0n) is 11.7. The molecule has 112 valence electrons. The fourth-order valence-corrected chi connectivity index (χ4v) is 1.66. The third-order valence-electron chi connectivity index (χ3n) is 2.84. The first-order valence-corrected chi connectivity index (χ1v) is 6.59. The summed E-state index contributed by atoms with van der Waals surface area (Å²) in [4.78, 5) is 22.4. The van der Waals surface area contributed by atoms with Crippen LogP contribution >= 0.6 is 0 Å². The number of carboxylic acids is 1. The summed E-state index contributed by atoms with van der Waals surface area (Å²) in [6, 6.07) is -0.716. The van der Waals surface area contributed by atoms with Gasteiger partial charge in [-0.25, -0.2) is 4.79 Å². The molecule has 8 heteroatoms. The average Bonchev–Trinajstić information content (AvgIpc) is 2.86. The van der Waals surface area contributed by atoms with Gasteiger partial charge in [0.2, 0.25) is 0 Å². The van der Waals surface area contributed by atoms with Crippen molar-refractivity contribution in [3.8, 4) is 0 Å². The van der Waals surface area contributed by atoms with Crippen LogP contribution in [-0.4, -0.2) is 44.7 Å². The molecule has 0 saturated carbocycles. The van der Waals surface area contributed by atoms with Crippen molar-refractivity contribution in [2.24, 2.45) is 5.92 Å². The van der Waals surface area contributed by atoms with Gasteiger partial charge in [0, 0.05) is 25.3 Å². The Kier molecular flexibility index (Phi) is 6.48. The molecule has 2 amide bonds. The molecule has 0 fully saturated rings. The van der Waals surface area contributed by atoms with Crippen LogP contribution in [0.3, 0.4) is 0 Å². The molecule has 3 N–H and O–H groups in total. The quantitative estimate of drug-likeness (QED) is 0.601. The zero-order chi connectivity index (χ0) is 15.0. The van der Waals surface area contributed by atoms with Crippen LogP contribution in [0.2, 0.25) is 0 Å². The number of hydrogen-bond acceptors (Lipinski definition) is 4. The number of aliphatic carboxylic acids is 1. The molecule has 1 rings (SSSR count). The number of carbonyl (C=O) groups is 2. The van der Waals surface area contributed by atoms with E-state index < -0.39 is 5.97 Å². The van der Waals surface area contributed by atoms with E-state index >= 15 is 0 Å². The minimum Gasteiger partial charge on any atom is -0.481 e. The predicted octanol–water partition coefficient (Wildman–Crippen LogP) is 0.467. The van der Waals surface area contributed by atoms with E-state index in [1.165, 1.54) is 0 Å². The molecule has 0 radical (unpaired) electrons. The van der Waals surface area contributed by atoms with Crippen LogP contribution in [0.5, 0.6) is 0 Å². The van der Waals surface area contributed by atoms with E-state index in [4.69, 9.17) is 5.11 Å². The lowest BCUT2D eigenvalue weighted by molar-refractivity contribution is -0.137. The number of nitrogens with one attached hydrogen (secondary N) is 2. The molecule has 1 atom stereocenters. The highest BCUT2D eigenvalue weighted by Crippen LogP contribution is 2.05. The van der Waals surface area contributed by atoms with Crippen LogP contribution in [0.25, 0.3) is 0 Å². The molecule has 1 unspecified atom stereocenters. The zero-order valence-corrected chi connectivity index (χ0v) is 11.7. The summed E-state index contributed by atoms with van der Waals surface area (Å²) in [5.74, 6) is -0.859. The van der Waals surface area contributed by atoms with Gasteiger partial charge >= 0.3 is 12.0 Å². The standard InChI is InChI=1S/C12H21N5O3/c1-9(2)10(8-11(18)19)15-12(20)13-4-3-6-17-7-5-14-16-17/h5,7,9-10H,3-4,6,8H2,1-2H3,(H,18,19)(H2,13,15,20). The van der Waals surface area contributed by atoms with Crippen molar-refractivity contribution in [2.45, 2.75) is 39.3 Å². The van der Waals surface area contributed by atoms with E-state index in [0.717, 1.165) is 6.42 Å². The molecule has 0 bridgehead atoms. The van der Waals surface area contributed by atoms with Crippen LogP contribution in [0.15, 0.2) is 12.4 Å². The molecule has 0 aliphatic carbocycles. The molecule has 0 saturated heterocycles. The Morgan fingerprint density at radius 2 is 2.15 bits per heavy atom. The van der Waals surface area contributed by atoms with E-state index in [1.54, 1.807) is 17.1 Å². The van der Waals surface area contributed by atoms with Crippen LogP contribution in [0.4, 0.5) is 4.79 Å². The number of amides is 2. The van der Waals surface area contributed by atoms with Crippen molar-refractivity contribution in [3.05, 3.63) is 12.4 Å². The Morgan fingerprint density at radius 3 is 2.70 bits per heavy atom. The van der Waals surface area contributed by atoms with Gasteiger partial charge < -0.3 is 15.7 Å². The first-order chi connectivity index (χ1) is 9.49. The smallest absolute Gasteiger partial charge is 0.315 e. The fourth-order valence-electron chi connectivity index (χ4n) is 1.66. The molecule has 1 heterocycles. The second-order valence-corrected chi connectivity index (χ2v) is 4.87. The third kappa shape index (κ3) is 6.17. The van der Waals surface area contributed by atoms with Crippen molar-refractivity contribution in [1.82, 2.24) is 25.6 Å². The van der Waals surface area contributed by atoms with Crippen molar-refractivity contribution in [1.29, 1.82) is 0 Å². The van der Waals surface area contributed by atoms with Crippen molar-refractivity contribution in [2.75, 3.05) is 6.54 Å². The molecule has 1 aromatic heterocycles. The molecule has 0 aromatic carbocycles. The number of nitrogens with zero attached hydrogens (tertiary/aromatic N) is 3. The van der Waals surface area contributed by atoms with Gasteiger partial charge in [-0.05, 0) is 12.3 Å². The van der Waals surface area contributed by atoms with Crippen molar-refractivity contribution >= 4 is 12.0 Å². The second-order valence-electron chi connectivity index (χ2n) is 4.87. The molecule has 8 nitrogen and oxygen atoms in total. The Hall–Kier alpha value is -2.12. The summed E-state index contributed by atoms with van der Waals surface area (Å²) in [5.41, 5.74) is 0. The molecule has 0 aliphatic heterocycles. The van der Waals surface area contributed by atoms with Crippen molar-refractivity contribution < 1.29 is 14.7 Å². The molecular formula is C12H21N5O3. The minimum atomic E-state index is -0.921. The van der Waals surface area contributed by atoms with Gasteiger partial charge in [0.1, 0.15) is 0 Å². The van der Waals surface area contributed by atoms with Gasteiger partial charge in [-0.2, -0.15) is 0 Å². The number of urea groups is 1. The monoisotopic (exact) mass is 283 g/mol. The maximum Gasteiger partial charge on any atom is 0.315 e. The summed E-state index contributed by atoms with van der Waals surface area (Å²) in [7, 11) is 0. The summed E-state index contributed by atoms with van der Waals surface area (Å²) >= 11 is 0. The number of aryl methyl sites for hydroxylation is 1. The van der Waals surface area contributed by atoms with Gasteiger partial charge in [0.25, 0.3) is 0 Å². The predicted molar refractivity (Wildman–Crippen MR) is 72.1 cm³/mol. The molecule has 0 aliphatic rings. The van der Waals surface area contributed by atoms with Crippen molar-refractivity contribution in [3.63, 3.8) is 0 Å². The SMILES string of the molecule is CC(C)C(CC(=O)O)NC(=O)NCCCn1ccnn1. The first-order valence-electron chi connectivity index (χ1n) is 6.59. The van der Waals surface area contributed by atoms with Gasteiger partial charge in [-0.1, -0.05) is 19.1 Å². The van der Waals surface area contributed by atoms with Gasteiger partial charge in [0.15, 0.2) is 0 Å². The first kappa shape index (κ1) is 15.9. The Balaban J connectivity index is 2.22. The lowest BCUT2D eigenvalue weighted by Gasteiger charge is -2.20. The number of aromatic nitrogens is 3. The number of rotatable bonds is 8. The maximum absolute atomic E-state index is 11.7. The lowest BCUT2D eigenvalue weighted by Crippen LogP contribution is -2.45. The number of carboxylic acid groups (broad SMARTS) is 1. The highest BCUT2D eigenvalue weighted by molar-refractivity contribution is 5.75. The third-order valence-corrected chi connectivity index (χ3v) is 2.84. The van der Waals surface area contributed by atoms with Crippen LogP contribution in [-0.2, 0) is 11.3 Å². The highest BCUT2D eigenvalue weighted by atomic mass is 16.4.